The van der Waals surface area contributed by atoms with Gasteiger partial charge in [-0.25, -0.2) is 0 Å². The van der Waals surface area contributed by atoms with Crippen LogP contribution in [-0.2, 0) is 0 Å². The van der Waals surface area contributed by atoms with Gasteiger partial charge in [0, 0.05) is 40.7 Å². The summed E-state index contributed by atoms with van der Waals surface area (Å²) in [7, 11) is 0. The fourth-order valence-corrected chi connectivity index (χ4v) is 2.74. The highest BCUT2D eigenvalue weighted by Crippen LogP contribution is 2.32. The van der Waals surface area contributed by atoms with Gasteiger partial charge in [-0.05, 0) is 24.7 Å². The molecule has 5 heteroatoms. The van der Waals surface area contributed by atoms with Crippen LogP contribution in [0.2, 0.25) is 0 Å². The van der Waals surface area contributed by atoms with Gasteiger partial charge in [-0.15, -0.1) is 0 Å². The summed E-state index contributed by atoms with van der Waals surface area (Å²) < 4.78 is 0. The third-order valence-corrected chi connectivity index (χ3v) is 3.79. The normalized spacial score (nSPS) is 14.0. The number of nitrogens with one attached hydrogen (secondary N) is 1. The number of rotatable bonds is 4. The number of likely N-dealkylation sites (N-methyl/N-ethyl adjacent to an activating group) is 1. The van der Waals surface area contributed by atoms with Gasteiger partial charge in [0.15, 0.2) is 0 Å². The molecule has 1 aliphatic rings. The maximum absolute atomic E-state index is 12.6. The molecule has 21 heavy (non-hydrogen) atoms. The van der Waals surface area contributed by atoms with Crippen LogP contribution in [0.5, 0.6) is 0 Å². The van der Waals surface area contributed by atoms with E-state index < -0.39 is 0 Å². The standard InChI is InChI=1S/C16H17N3O2/c1-2-18-8-9-19-15(20)11-5-3-4-10-13(17)7-6-12(14(10)11)16(19)21/h3-7,18H,2,8-9,17H2,1H3. The number of amides is 2. The van der Waals surface area contributed by atoms with Crippen LogP contribution in [0.25, 0.3) is 10.8 Å². The largest absolute Gasteiger partial charge is 0.398 e. The van der Waals surface area contributed by atoms with Crippen LogP contribution in [-0.4, -0.2) is 36.3 Å². The predicted molar refractivity (Wildman–Crippen MR) is 82.3 cm³/mol. The Kier molecular flexibility index (Phi) is 3.35. The predicted octanol–water partition coefficient (Wildman–Crippen LogP) is 1.63. The average molecular weight is 283 g/mol. The van der Waals surface area contributed by atoms with E-state index in [9.17, 15) is 9.59 Å². The Balaban J connectivity index is 2.11. The van der Waals surface area contributed by atoms with Crippen molar-refractivity contribution < 1.29 is 9.59 Å². The van der Waals surface area contributed by atoms with E-state index in [0.717, 1.165) is 11.9 Å². The van der Waals surface area contributed by atoms with Gasteiger partial charge in [0.2, 0.25) is 0 Å². The molecular weight excluding hydrogens is 266 g/mol. The first-order valence-electron chi connectivity index (χ1n) is 7.03. The van der Waals surface area contributed by atoms with Crippen LogP contribution in [0.1, 0.15) is 27.6 Å². The highest BCUT2D eigenvalue weighted by Gasteiger charge is 2.32. The number of nitrogens with zero attached hydrogens (tertiary/aromatic N) is 1. The summed E-state index contributed by atoms with van der Waals surface area (Å²) in [6.45, 7) is 3.75. The van der Waals surface area contributed by atoms with E-state index in [-0.39, 0.29) is 11.8 Å². The van der Waals surface area contributed by atoms with Crippen LogP contribution in [0.3, 0.4) is 0 Å². The minimum atomic E-state index is -0.249. The van der Waals surface area contributed by atoms with Crippen LogP contribution in [0.15, 0.2) is 30.3 Å². The molecule has 0 fully saturated rings. The molecule has 5 nitrogen and oxygen atoms in total. The molecular formula is C16H17N3O2. The first-order valence-corrected chi connectivity index (χ1v) is 7.03. The number of benzene rings is 2. The van der Waals surface area contributed by atoms with E-state index in [0.29, 0.717) is 35.3 Å². The van der Waals surface area contributed by atoms with Gasteiger partial charge >= 0.3 is 0 Å². The van der Waals surface area contributed by atoms with Crippen molar-refractivity contribution in [1.29, 1.82) is 0 Å². The fourth-order valence-electron chi connectivity index (χ4n) is 2.74. The van der Waals surface area contributed by atoms with Gasteiger partial charge in [0.25, 0.3) is 11.8 Å². The van der Waals surface area contributed by atoms with E-state index in [4.69, 9.17) is 5.73 Å². The molecule has 0 saturated heterocycles. The summed E-state index contributed by atoms with van der Waals surface area (Å²) in [5.41, 5.74) is 7.63. The third kappa shape index (κ3) is 2.06. The van der Waals surface area contributed by atoms with Crippen molar-refractivity contribution in [2.24, 2.45) is 0 Å². The van der Waals surface area contributed by atoms with E-state index in [1.165, 1.54) is 4.90 Å². The molecule has 108 valence electrons. The lowest BCUT2D eigenvalue weighted by atomic mass is 9.93. The summed E-state index contributed by atoms with van der Waals surface area (Å²) in [6, 6.07) is 8.81. The number of nitrogen functional groups attached to an aromatic ring is 1. The third-order valence-electron chi connectivity index (χ3n) is 3.79. The molecule has 2 amide bonds. The van der Waals surface area contributed by atoms with Crippen molar-refractivity contribution in [1.82, 2.24) is 10.2 Å². The lowest BCUT2D eigenvalue weighted by Crippen LogP contribution is -2.43. The quantitative estimate of drug-likeness (QED) is 0.508. The van der Waals surface area contributed by atoms with Crippen molar-refractivity contribution in [3.05, 3.63) is 41.5 Å². The molecule has 3 rings (SSSR count). The lowest BCUT2D eigenvalue weighted by Gasteiger charge is -2.27. The molecule has 3 N–H and O–H groups in total. The van der Waals surface area contributed by atoms with Crippen molar-refractivity contribution in [2.45, 2.75) is 6.92 Å². The molecule has 0 aliphatic carbocycles. The Labute approximate surface area is 122 Å². The lowest BCUT2D eigenvalue weighted by molar-refractivity contribution is 0.0612. The first kappa shape index (κ1) is 13.6. The van der Waals surface area contributed by atoms with Crippen molar-refractivity contribution in [3.63, 3.8) is 0 Å². The SMILES string of the molecule is CCNCCN1C(=O)c2cccc3c(N)ccc(c23)C1=O. The Morgan fingerprint density at radius 1 is 1.10 bits per heavy atom. The van der Waals surface area contributed by atoms with Gasteiger partial charge in [-0.2, -0.15) is 0 Å². The molecule has 0 bridgehead atoms. The maximum Gasteiger partial charge on any atom is 0.261 e. The van der Waals surface area contributed by atoms with Crippen LogP contribution < -0.4 is 11.1 Å². The maximum atomic E-state index is 12.6. The van der Waals surface area contributed by atoms with Gasteiger partial charge < -0.3 is 11.1 Å². The van der Waals surface area contributed by atoms with E-state index >= 15 is 0 Å². The minimum absolute atomic E-state index is 0.249. The van der Waals surface area contributed by atoms with E-state index in [1.54, 1.807) is 24.3 Å². The zero-order valence-electron chi connectivity index (χ0n) is 11.8. The zero-order chi connectivity index (χ0) is 15.0. The second-order valence-electron chi connectivity index (χ2n) is 5.05. The molecule has 2 aromatic carbocycles. The summed E-state index contributed by atoms with van der Waals surface area (Å²) in [5.74, 6) is -0.497. The summed E-state index contributed by atoms with van der Waals surface area (Å²) in [5, 5.41) is 4.56. The summed E-state index contributed by atoms with van der Waals surface area (Å²) in [6.07, 6.45) is 0. The Bertz CT molecular complexity index is 717. The number of carbonyl (C=O) groups excluding carboxylic acids is 2. The van der Waals surface area contributed by atoms with Gasteiger partial charge in [0.05, 0.1) is 0 Å². The van der Waals surface area contributed by atoms with Crippen LogP contribution in [0.4, 0.5) is 5.69 Å². The Morgan fingerprint density at radius 3 is 2.52 bits per heavy atom. The number of hydrogen-bond acceptors (Lipinski definition) is 4. The van der Waals surface area contributed by atoms with Gasteiger partial charge in [-0.3, -0.25) is 14.5 Å². The molecule has 0 unspecified atom stereocenters. The second kappa shape index (κ2) is 5.18. The van der Waals surface area contributed by atoms with Crippen molar-refractivity contribution in [2.75, 3.05) is 25.4 Å². The fraction of sp³-hybridized carbons (Fsp3) is 0.250. The summed E-state index contributed by atoms with van der Waals surface area (Å²) >= 11 is 0. The molecule has 1 heterocycles. The van der Waals surface area contributed by atoms with Gasteiger partial charge in [0.1, 0.15) is 0 Å². The number of anilines is 1. The van der Waals surface area contributed by atoms with E-state index in [2.05, 4.69) is 5.32 Å². The average Bonchev–Trinajstić information content (AvgIpc) is 2.49. The topological polar surface area (TPSA) is 75.4 Å². The Hall–Kier alpha value is -2.40. The molecule has 0 atom stereocenters. The molecule has 0 spiro atoms. The molecule has 2 aromatic rings. The molecule has 1 aliphatic heterocycles. The Morgan fingerprint density at radius 2 is 1.81 bits per heavy atom. The molecule has 0 radical (unpaired) electrons. The number of nitrogens with two attached hydrogens (primary N) is 1. The van der Waals surface area contributed by atoms with Gasteiger partial charge in [-0.1, -0.05) is 19.1 Å². The monoisotopic (exact) mass is 283 g/mol. The summed E-state index contributed by atoms with van der Waals surface area (Å²) in [4.78, 5) is 26.4. The van der Waals surface area contributed by atoms with Crippen molar-refractivity contribution >= 4 is 28.3 Å². The molecule has 0 aromatic heterocycles. The van der Waals surface area contributed by atoms with Crippen molar-refractivity contribution in [3.8, 4) is 0 Å². The van der Waals surface area contributed by atoms with Crippen LogP contribution >= 0.6 is 0 Å². The highest BCUT2D eigenvalue weighted by atomic mass is 16.2. The smallest absolute Gasteiger partial charge is 0.261 e. The highest BCUT2D eigenvalue weighted by molar-refractivity contribution is 6.26. The number of imide groups is 1. The van der Waals surface area contributed by atoms with E-state index in [1.807, 2.05) is 13.0 Å². The minimum Gasteiger partial charge on any atom is -0.398 e. The second-order valence-corrected chi connectivity index (χ2v) is 5.05. The van der Waals surface area contributed by atoms with Crippen LogP contribution in [0, 0.1) is 0 Å². The zero-order valence-corrected chi connectivity index (χ0v) is 11.8. The number of carbonyl (C=O) groups is 2. The first-order chi connectivity index (χ1) is 10.1. The number of hydrogen-bond donors (Lipinski definition) is 2. The molecule has 0 saturated carbocycles.